The first-order valence-electron chi connectivity index (χ1n) is 5.62. The van der Waals surface area contributed by atoms with E-state index in [4.69, 9.17) is 5.11 Å². The van der Waals surface area contributed by atoms with E-state index >= 15 is 0 Å². The summed E-state index contributed by atoms with van der Waals surface area (Å²) >= 11 is 0. The van der Waals surface area contributed by atoms with Crippen LogP contribution in [0.1, 0.15) is 19.3 Å². The SMILES string of the molecule is OCCN[C@H]1CC[C@H](O)[C@@H](O)[C@H](O)[C@@H](O)C1. The molecule has 1 aliphatic carbocycles. The van der Waals surface area contributed by atoms with Crippen LogP contribution in [0.5, 0.6) is 0 Å². The maximum absolute atomic E-state index is 9.62. The van der Waals surface area contributed by atoms with Crippen molar-refractivity contribution in [3.05, 3.63) is 0 Å². The lowest BCUT2D eigenvalue weighted by Crippen LogP contribution is -2.49. The lowest BCUT2D eigenvalue weighted by Gasteiger charge is -2.33. The number of aliphatic hydroxyl groups is 5. The molecule has 6 nitrogen and oxygen atoms in total. The van der Waals surface area contributed by atoms with Crippen LogP contribution >= 0.6 is 0 Å². The zero-order chi connectivity index (χ0) is 12.1. The van der Waals surface area contributed by atoms with Crippen molar-refractivity contribution in [2.75, 3.05) is 13.2 Å². The molecule has 5 atom stereocenters. The number of rotatable bonds is 3. The van der Waals surface area contributed by atoms with Crippen LogP contribution in [0.3, 0.4) is 0 Å². The molecule has 1 aliphatic rings. The Bertz CT molecular complexity index is 204. The zero-order valence-corrected chi connectivity index (χ0v) is 9.16. The minimum atomic E-state index is -1.33. The van der Waals surface area contributed by atoms with Gasteiger partial charge in [-0.2, -0.15) is 0 Å². The molecule has 16 heavy (non-hydrogen) atoms. The predicted octanol–water partition coefficient (Wildman–Crippen LogP) is -2.44. The van der Waals surface area contributed by atoms with Gasteiger partial charge < -0.3 is 30.8 Å². The van der Waals surface area contributed by atoms with Crippen LogP contribution in [0, 0.1) is 0 Å². The molecule has 1 fully saturated rings. The Hall–Kier alpha value is -0.240. The van der Waals surface area contributed by atoms with Gasteiger partial charge in [0.2, 0.25) is 0 Å². The minimum absolute atomic E-state index is 0.000325. The third-order valence-electron chi connectivity index (χ3n) is 3.02. The molecule has 1 rings (SSSR count). The van der Waals surface area contributed by atoms with Crippen LogP contribution in [0.2, 0.25) is 0 Å². The molecule has 0 heterocycles. The molecule has 0 aliphatic heterocycles. The van der Waals surface area contributed by atoms with Gasteiger partial charge in [-0.15, -0.1) is 0 Å². The third kappa shape index (κ3) is 3.65. The van der Waals surface area contributed by atoms with E-state index < -0.39 is 24.4 Å². The summed E-state index contributed by atoms with van der Waals surface area (Å²) in [5, 5.41) is 49.8. The lowest BCUT2D eigenvalue weighted by atomic mass is 9.89. The van der Waals surface area contributed by atoms with Crippen molar-refractivity contribution in [1.82, 2.24) is 5.32 Å². The first-order valence-corrected chi connectivity index (χ1v) is 5.62. The van der Waals surface area contributed by atoms with Gasteiger partial charge in [0.25, 0.3) is 0 Å². The Kier molecular flexibility index (Phi) is 5.60. The topological polar surface area (TPSA) is 113 Å². The predicted molar refractivity (Wildman–Crippen MR) is 56.8 cm³/mol. The second-order valence-electron chi connectivity index (χ2n) is 4.30. The molecule has 0 radical (unpaired) electrons. The van der Waals surface area contributed by atoms with Crippen LogP contribution in [0.15, 0.2) is 0 Å². The molecule has 0 aromatic carbocycles. The molecule has 1 saturated carbocycles. The van der Waals surface area contributed by atoms with Crippen molar-refractivity contribution >= 4 is 0 Å². The molecule has 6 heteroatoms. The average Bonchev–Trinajstić information content (AvgIpc) is 2.28. The average molecular weight is 235 g/mol. The summed E-state index contributed by atoms with van der Waals surface area (Å²) in [4.78, 5) is 0. The Balaban J connectivity index is 2.54. The fourth-order valence-corrected chi connectivity index (χ4v) is 2.00. The molecule has 0 amide bonds. The summed E-state index contributed by atoms with van der Waals surface area (Å²) in [5.74, 6) is 0. The van der Waals surface area contributed by atoms with Crippen molar-refractivity contribution in [2.45, 2.75) is 49.7 Å². The van der Waals surface area contributed by atoms with Crippen LogP contribution in [-0.4, -0.2) is 69.1 Å². The van der Waals surface area contributed by atoms with Gasteiger partial charge in [-0.05, 0) is 19.3 Å². The highest BCUT2D eigenvalue weighted by Gasteiger charge is 2.34. The van der Waals surface area contributed by atoms with Crippen LogP contribution < -0.4 is 5.32 Å². The number of hydrogen-bond donors (Lipinski definition) is 6. The lowest BCUT2D eigenvalue weighted by molar-refractivity contribution is -0.117. The Morgan fingerprint density at radius 2 is 1.56 bits per heavy atom. The van der Waals surface area contributed by atoms with Crippen LogP contribution in [-0.2, 0) is 0 Å². The van der Waals surface area contributed by atoms with Crippen molar-refractivity contribution < 1.29 is 25.5 Å². The van der Waals surface area contributed by atoms with Crippen molar-refractivity contribution in [1.29, 1.82) is 0 Å². The summed E-state index contributed by atoms with van der Waals surface area (Å²) in [6.07, 6.45) is -3.48. The van der Waals surface area contributed by atoms with Crippen LogP contribution in [0.25, 0.3) is 0 Å². The second kappa shape index (κ2) is 6.48. The Morgan fingerprint density at radius 1 is 0.938 bits per heavy atom. The Morgan fingerprint density at radius 3 is 2.19 bits per heavy atom. The molecular formula is C10H21NO5. The molecule has 0 unspecified atom stereocenters. The molecule has 96 valence electrons. The monoisotopic (exact) mass is 235 g/mol. The van der Waals surface area contributed by atoms with Crippen molar-refractivity contribution in [3.63, 3.8) is 0 Å². The van der Waals surface area contributed by atoms with Gasteiger partial charge in [0.1, 0.15) is 12.2 Å². The van der Waals surface area contributed by atoms with Gasteiger partial charge >= 0.3 is 0 Å². The minimum Gasteiger partial charge on any atom is -0.395 e. The van der Waals surface area contributed by atoms with Crippen LogP contribution in [0.4, 0.5) is 0 Å². The number of hydrogen-bond acceptors (Lipinski definition) is 6. The molecule has 0 aromatic rings. The van der Waals surface area contributed by atoms with E-state index in [2.05, 4.69) is 5.32 Å². The smallest absolute Gasteiger partial charge is 0.108 e. The summed E-state index contributed by atoms with van der Waals surface area (Å²) in [6, 6.07) is -0.0704. The standard InChI is InChI=1S/C10H21NO5/c12-4-3-11-6-1-2-7(13)9(15)10(16)8(14)5-6/h6-16H,1-5H2/t6-,7-,8-,9+,10+/m0/s1. The largest absolute Gasteiger partial charge is 0.395 e. The van der Waals surface area contributed by atoms with Gasteiger partial charge in [-0.1, -0.05) is 0 Å². The molecule has 0 spiro atoms. The van der Waals surface area contributed by atoms with E-state index in [1.165, 1.54) is 0 Å². The van der Waals surface area contributed by atoms with E-state index in [0.717, 1.165) is 0 Å². The van der Waals surface area contributed by atoms with E-state index in [1.807, 2.05) is 0 Å². The summed E-state index contributed by atoms with van der Waals surface area (Å²) in [6.45, 7) is 0.409. The van der Waals surface area contributed by atoms with Gasteiger partial charge in [0, 0.05) is 12.6 Å². The van der Waals surface area contributed by atoms with Gasteiger partial charge in [0.15, 0.2) is 0 Å². The fraction of sp³-hybridized carbons (Fsp3) is 1.00. The normalized spacial score (nSPS) is 41.4. The van der Waals surface area contributed by atoms with Gasteiger partial charge in [-0.25, -0.2) is 0 Å². The second-order valence-corrected chi connectivity index (χ2v) is 4.30. The van der Waals surface area contributed by atoms with Crippen molar-refractivity contribution in [3.8, 4) is 0 Å². The van der Waals surface area contributed by atoms with E-state index in [0.29, 0.717) is 25.8 Å². The molecule has 0 aromatic heterocycles. The first kappa shape index (κ1) is 13.8. The molecule has 0 saturated heterocycles. The maximum atomic E-state index is 9.62. The van der Waals surface area contributed by atoms with Gasteiger partial charge in [0.05, 0.1) is 18.8 Å². The van der Waals surface area contributed by atoms with E-state index in [9.17, 15) is 20.4 Å². The Labute approximate surface area is 94.5 Å². The highest BCUT2D eigenvalue weighted by molar-refractivity contribution is 4.87. The van der Waals surface area contributed by atoms with Gasteiger partial charge in [-0.3, -0.25) is 0 Å². The highest BCUT2D eigenvalue weighted by Crippen LogP contribution is 2.19. The third-order valence-corrected chi connectivity index (χ3v) is 3.02. The van der Waals surface area contributed by atoms with E-state index in [-0.39, 0.29) is 12.6 Å². The fourth-order valence-electron chi connectivity index (χ4n) is 2.00. The number of aliphatic hydroxyl groups excluding tert-OH is 5. The quantitative estimate of drug-likeness (QED) is 0.324. The highest BCUT2D eigenvalue weighted by atomic mass is 16.4. The van der Waals surface area contributed by atoms with Crippen molar-refractivity contribution in [2.24, 2.45) is 0 Å². The number of nitrogens with one attached hydrogen (secondary N) is 1. The first-order chi connectivity index (χ1) is 7.56. The maximum Gasteiger partial charge on any atom is 0.108 e. The summed E-state index contributed by atoms with van der Waals surface area (Å²) in [5.41, 5.74) is 0. The zero-order valence-electron chi connectivity index (χ0n) is 9.16. The molecule has 6 N–H and O–H groups in total. The summed E-state index contributed by atoms with van der Waals surface area (Å²) in [7, 11) is 0. The molecular weight excluding hydrogens is 214 g/mol. The summed E-state index contributed by atoms with van der Waals surface area (Å²) < 4.78 is 0. The van der Waals surface area contributed by atoms with E-state index in [1.54, 1.807) is 0 Å². The molecule has 0 bridgehead atoms.